The van der Waals surface area contributed by atoms with Crippen molar-refractivity contribution in [3.63, 3.8) is 0 Å². The van der Waals surface area contributed by atoms with Crippen LogP contribution in [0.15, 0.2) is 54.3 Å². The van der Waals surface area contributed by atoms with Crippen LogP contribution in [-0.4, -0.2) is 21.8 Å². The zero-order valence-electron chi connectivity index (χ0n) is 11.3. The summed E-state index contributed by atoms with van der Waals surface area (Å²) in [5, 5.41) is 23.2. The zero-order chi connectivity index (χ0) is 15.4. The number of benzene rings is 3. The SMILES string of the molecule is O=C1C(=O)c2cc3cc4ccccc4cc3cc2C(O)=C1O. The monoisotopic (exact) mass is 290 g/mol. The summed E-state index contributed by atoms with van der Waals surface area (Å²) in [6, 6.07) is 14.9. The van der Waals surface area contributed by atoms with Gasteiger partial charge in [-0.25, -0.2) is 0 Å². The number of allylic oxidation sites excluding steroid dienone is 1. The molecular formula is C18H10O4. The molecule has 0 bridgehead atoms. The topological polar surface area (TPSA) is 74.6 Å². The Hall–Kier alpha value is -3.14. The molecule has 0 fully saturated rings. The van der Waals surface area contributed by atoms with Crippen molar-refractivity contribution in [3.8, 4) is 0 Å². The van der Waals surface area contributed by atoms with E-state index in [2.05, 4.69) is 0 Å². The lowest BCUT2D eigenvalue weighted by atomic mass is 9.89. The fourth-order valence-corrected chi connectivity index (χ4v) is 2.84. The summed E-state index contributed by atoms with van der Waals surface area (Å²) in [6.07, 6.45) is 0. The van der Waals surface area contributed by atoms with Crippen LogP contribution >= 0.6 is 0 Å². The van der Waals surface area contributed by atoms with Gasteiger partial charge in [0, 0.05) is 11.1 Å². The van der Waals surface area contributed by atoms with E-state index in [1.807, 2.05) is 36.4 Å². The summed E-state index contributed by atoms with van der Waals surface area (Å²) in [4.78, 5) is 23.7. The summed E-state index contributed by atoms with van der Waals surface area (Å²) in [6.45, 7) is 0. The molecule has 106 valence electrons. The van der Waals surface area contributed by atoms with Crippen LogP contribution in [0.25, 0.3) is 27.3 Å². The van der Waals surface area contributed by atoms with Crippen LogP contribution in [0.4, 0.5) is 0 Å². The molecule has 0 radical (unpaired) electrons. The van der Waals surface area contributed by atoms with Gasteiger partial charge in [-0.2, -0.15) is 0 Å². The highest BCUT2D eigenvalue weighted by Crippen LogP contribution is 2.32. The van der Waals surface area contributed by atoms with Crippen LogP contribution in [-0.2, 0) is 4.79 Å². The Morgan fingerprint density at radius 3 is 1.73 bits per heavy atom. The number of fused-ring (bicyclic) bond motifs is 3. The second-order valence-electron chi connectivity index (χ2n) is 5.30. The maximum absolute atomic E-state index is 12.0. The third-order valence-corrected chi connectivity index (χ3v) is 3.99. The Bertz CT molecular complexity index is 1030. The first-order valence-corrected chi connectivity index (χ1v) is 6.74. The van der Waals surface area contributed by atoms with Crippen molar-refractivity contribution in [3.05, 3.63) is 65.4 Å². The van der Waals surface area contributed by atoms with Crippen molar-refractivity contribution in [2.24, 2.45) is 0 Å². The van der Waals surface area contributed by atoms with Gasteiger partial charge in [-0.05, 0) is 45.8 Å². The molecule has 0 unspecified atom stereocenters. The van der Waals surface area contributed by atoms with Crippen LogP contribution in [0.2, 0.25) is 0 Å². The number of carbonyl (C=O) groups excluding carboxylic acids is 2. The summed E-state index contributed by atoms with van der Waals surface area (Å²) in [5.74, 6) is -3.32. The predicted molar refractivity (Wildman–Crippen MR) is 83.0 cm³/mol. The molecule has 4 heteroatoms. The number of aliphatic hydroxyl groups excluding tert-OH is 2. The van der Waals surface area contributed by atoms with Crippen molar-refractivity contribution in [2.75, 3.05) is 0 Å². The quantitative estimate of drug-likeness (QED) is 0.490. The highest BCUT2D eigenvalue weighted by Gasteiger charge is 2.33. The van der Waals surface area contributed by atoms with Crippen LogP contribution in [0.3, 0.4) is 0 Å². The second-order valence-corrected chi connectivity index (χ2v) is 5.30. The maximum atomic E-state index is 12.0. The molecule has 0 spiro atoms. The van der Waals surface area contributed by atoms with Crippen molar-refractivity contribution in [1.82, 2.24) is 0 Å². The first kappa shape index (κ1) is 12.6. The number of hydrogen-bond donors (Lipinski definition) is 2. The van der Waals surface area contributed by atoms with Gasteiger partial charge in [0.2, 0.25) is 11.5 Å². The zero-order valence-corrected chi connectivity index (χ0v) is 11.3. The van der Waals surface area contributed by atoms with Gasteiger partial charge in [-0.15, -0.1) is 0 Å². The normalized spacial score (nSPS) is 14.7. The molecule has 2 N–H and O–H groups in total. The number of rotatable bonds is 0. The molecule has 0 saturated heterocycles. The molecule has 0 heterocycles. The third kappa shape index (κ3) is 1.58. The lowest BCUT2D eigenvalue weighted by molar-refractivity contribution is -0.114. The van der Waals surface area contributed by atoms with Gasteiger partial charge < -0.3 is 10.2 Å². The molecule has 0 aliphatic heterocycles. The minimum absolute atomic E-state index is 0.114. The minimum Gasteiger partial charge on any atom is -0.504 e. The van der Waals surface area contributed by atoms with Gasteiger partial charge in [-0.1, -0.05) is 24.3 Å². The maximum Gasteiger partial charge on any atom is 0.271 e. The van der Waals surface area contributed by atoms with E-state index >= 15 is 0 Å². The van der Waals surface area contributed by atoms with Gasteiger partial charge in [0.1, 0.15) is 0 Å². The molecule has 3 aromatic rings. The molecule has 22 heavy (non-hydrogen) atoms. The lowest BCUT2D eigenvalue weighted by Gasteiger charge is -2.15. The number of hydrogen-bond acceptors (Lipinski definition) is 4. The van der Waals surface area contributed by atoms with Crippen molar-refractivity contribution >= 4 is 38.9 Å². The average molecular weight is 290 g/mol. The van der Waals surface area contributed by atoms with Gasteiger partial charge in [-0.3, -0.25) is 9.59 Å². The van der Waals surface area contributed by atoms with E-state index in [-0.39, 0.29) is 11.1 Å². The summed E-state index contributed by atoms with van der Waals surface area (Å²) < 4.78 is 0. The Morgan fingerprint density at radius 1 is 0.591 bits per heavy atom. The fourth-order valence-electron chi connectivity index (χ4n) is 2.84. The number of ketones is 2. The first-order chi connectivity index (χ1) is 10.6. The molecule has 1 aliphatic carbocycles. The van der Waals surface area contributed by atoms with E-state index in [1.54, 1.807) is 12.1 Å². The number of carbonyl (C=O) groups is 2. The summed E-state index contributed by atoms with van der Waals surface area (Å²) >= 11 is 0. The van der Waals surface area contributed by atoms with Gasteiger partial charge >= 0.3 is 0 Å². The third-order valence-electron chi connectivity index (χ3n) is 3.99. The highest BCUT2D eigenvalue weighted by atomic mass is 16.3. The van der Waals surface area contributed by atoms with E-state index in [1.165, 1.54) is 0 Å². The molecular weight excluding hydrogens is 280 g/mol. The summed E-state index contributed by atoms with van der Waals surface area (Å²) in [5.41, 5.74) is 0.299. The van der Waals surface area contributed by atoms with Gasteiger partial charge in [0.25, 0.3) is 5.78 Å². The smallest absolute Gasteiger partial charge is 0.271 e. The lowest BCUT2D eigenvalue weighted by Crippen LogP contribution is -2.23. The highest BCUT2D eigenvalue weighted by molar-refractivity contribution is 6.51. The van der Waals surface area contributed by atoms with Crippen molar-refractivity contribution in [2.45, 2.75) is 0 Å². The van der Waals surface area contributed by atoms with Crippen LogP contribution in [0, 0.1) is 0 Å². The number of Topliss-reactive ketones (excluding diaryl/α,β-unsaturated/α-hetero) is 2. The molecule has 0 atom stereocenters. The molecule has 4 nitrogen and oxygen atoms in total. The Kier molecular flexibility index (Phi) is 2.39. The van der Waals surface area contributed by atoms with E-state index in [0.29, 0.717) is 0 Å². The van der Waals surface area contributed by atoms with E-state index < -0.39 is 23.1 Å². The molecule has 4 rings (SSSR count). The first-order valence-electron chi connectivity index (χ1n) is 6.74. The molecule has 0 amide bonds. The van der Waals surface area contributed by atoms with E-state index in [4.69, 9.17) is 0 Å². The molecule has 0 saturated carbocycles. The van der Waals surface area contributed by atoms with Crippen molar-refractivity contribution in [1.29, 1.82) is 0 Å². The fraction of sp³-hybridized carbons (Fsp3) is 0. The predicted octanol–water partition coefficient (Wildman–Crippen LogP) is 3.54. The second kappa shape index (κ2) is 4.18. The van der Waals surface area contributed by atoms with E-state index in [9.17, 15) is 19.8 Å². The molecule has 0 aromatic heterocycles. The van der Waals surface area contributed by atoms with Crippen molar-refractivity contribution < 1.29 is 19.8 Å². The minimum atomic E-state index is -1.08. The Balaban J connectivity index is 2.11. The molecule has 3 aromatic carbocycles. The van der Waals surface area contributed by atoms with Crippen LogP contribution < -0.4 is 0 Å². The Morgan fingerprint density at radius 2 is 1.14 bits per heavy atom. The average Bonchev–Trinajstić information content (AvgIpc) is 2.55. The molecule has 1 aliphatic rings. The standard InChI is InChI=1S/C18H10O4/c19-15-13-7-11-5-9-3-1-2-4-10(9)6-12(11)8-14(13)16(20)18(22)17(15)21/h1-8,19,21H. The van der Waals surface area contributed by atoms with Gasteiger partial charge in [0.05, 0.1) is 0 Å². The van der Waals surface area contributed by atoms with Gasteiger partial charge in [0.15, 0.2) is 5.76 Å². The Labute approximate surface area is 124 Å². The largest absolute Gasteiger partial charge is 0.504 e. The van der Waals surface area contributed by atoms with Crippen LogP contribution in [0.1, 0.15) is 15.9 Å². The van der Waals surface area contributed by atoms with Crippen LogP contribution in [0.5, 0.6) is 0 Å². The summed E-state index contributed by atoms with van der Waals surface area (Å²) in [7, 11) is 0. The van der Waals surface area contributed by atoms with E-state index in [0.717, 1.165) is 21.5 Å². The number of aliphatic hydroxyl groups is 2.